The Morgan fingerprint density at radius 1 is 1.08 bits per heavy atom. The lowest BCUT2D eigenvalue weighted by Crippen LogP contribution is -2.30. The third-order valence-electron chi connectivity index (χ3n) is 6.23. The van der Waals surface area contributed by atoms with Crippen LogP contribution in [0.2, 0.25) is 0 Å². The quantitative estimate of drug-likeness (QED) is 0.298. The molecule has 0 unspecified atom stereocenters. The Kier molecular flexibility index (Phi) is 10.5. The number of rotatable bonds is 13. The molecule has 0 aliphatic rings. The molecule has 3 aromatic rings. The average molecular weight is 560 g/mol. The average Bonchev–Trinajstić information content (AvgIpc) is 3.33. The Morgan fingerprint density at radius 3 is 2.37 bits per heavy atom. The van der Waals surface area contributed by atoms with Crippen LogP contribution in [0.1, 0.15) is 46.2 Å². The third kappa shape index (κ3) is 6.82. The summed E-state index contributed by atoms with van der Waals surface area (Å²) in [6.07, 6.45) is 0.933. The zero-order valence-corrected chi connectivity index (χ0v) is 24.5. The normalized spacial score (nSPS) is 13.4. The van der Waals surface area contributed by atoms with Gasteiger partial charge in [-0.25, -0.2) is 8.42 Å². The number of anilines is 1. The van der Waals surface area contributed by atoms with E-state index in [-0.39, 0.29) is 16.8 Å². The minimum absolute atomic E-state index is 0.151. The zero-order chi connectivity index (χ0) is 27.9. The van der Waals surface area contributed by atoms with Crippen molar-refractivity contribution in [2.45, 2.75) is 62.4 Å². The van der Waals surface area contributed by atoms with Crippen molar-refractivity contribution in [1.82, 2.24) is 19.1 Å². The molecule has 1 N–H and O–H groups in total. The standard InChI is InChI=1S/C27H37N5O4S2/c1-7-21-13-15-23(16-14-21)28-26(33)20(5)37-27-30-29-25(32(27)19(4)18-36-6)22-11-10-12-24(17-22)38(34,35)31(8-2)9-3/h10-17,19-20H,7-9,18H2,1-6H3,(H,28,33)/t19-,20+/m1/s1. The predicted molar refractivity (Wildman–Crippen MR) is 152 cm³/mol. The number of amides is 1. The SMILES string of the molecule is CCc1ccc(NC(=O)[C@H](C)Sc2nnc(-c3cccc(S(=O)(=O)N(CC)CC)c3)n2[C@H](C)COC)cc1. The van der Waals surface area contributed by atoms with Crippen LogP contribution in [0.15, 0.2) is 58.6 Å². The largest absolute Gasteiger partial charge is 0.383 e. The number of hydrogen-bond donors (Lipinski definition) is 1. The minimum atomic E-state index is -3.64. The van der Waals surface area contributed by atoms with Gasteiger partial charge in [-0.3, -0.25) is 9.36 Å². The van der Waals surface area contributed by atoms with Crippen LogP contribution in [-0.4, -0.2) is 65.5 Å². The Labute approximate surface area is 230 Å². The zero-order valence-electron chi connectivity index (χ0n) is 22.8. The molecule has 0 aliphatic carbocycles. The van der Waals surface area contributed by atoms with Gasteiger partial charge in [0.15, 0.2) is 11.0 Å². The molecule has 0 spiro atoms. The smallest absolute Gasteiger partial charge is 0.243 e. The van der Waals surface area contributed by atoms with Crippen molar-refractivity contribution in [3.05, 3.63) is 54.1 Å². The number of thioether (sulfide) groups is 1. The minimum Gasteiger partial charge on any atom is -0.383 e. The molecule has 9 nitrogen and oxygen atoms in total. The Hall–Kier alpha value is -2.73. The lowest BCUT2D eigenvalue weighted by Gasteiger charge is -2.20. The third-order valence-corrected chi connectivity index (χ3v) is 9.33. The van der Waals surface area contributed by atoms with Crippen molar-refractivity contribution in [3.8, 4) is 11.4 Å². The maximum atomic E-state index is 13.1. The van der Waals surface area contributed by atoms with Crippen LogP contribution in [0, 0.1) is 0 Å². The summed E-state index contributed by atoms with van der Waals surface area (Å²) in [5.74, 6) is 0.360. The molecule has 0 bridgehead atoms. The monoisotopic (exact) mass is 559 g/mol. The summed E-state index contributed by atoms with van der Waals surface area (Å²) < 4.78 is 35.0. The first-order valence-corrected chi connectivity index (χ1v) is 15.1. The highest BCUT2D eigenvalue weighted by Gasteiger charge is 2.26. The number of benzene rings is 2. The Morgan fingerprint density at radius 2 is 1.76 bits per heavy atom. The molecule has 1 heterocycles. The lowest BCUT2D eigenvalue weighted by molar-refractivity contribution is -0.115. The van der Waals surface area contributed by atoms with Crippen molar-refractivity contribution < 1.29 is 17.9 Å². The molecule has 0 saturated heterocycles. The molecule has 2 aromatic carbocycles. The maximum absolute atomic E-state index is 13.1. The number of carbonyl (C=O) groups excluding carboxylic acids is 1. The first-order valence-electron chi connectivity index (χ1n) is 12.8. The molecule has 0 fully saturated rings. The molecular weight excluding hydrogens is 522 g/mol. The van der Waals surface area contributed by atoms with Gasteiger partial charge in [-0.2, -0.15) is 4.31 Å². The molecule has 1 amide bonds. The molecule has 0 saturated carbocycles. The van der Waals surface area contributed by atoms with E-state index in [1.165, 1.54) is 21.6 Å². The summed E-state index contributed by atoms with van der Waals surface area (Å²) in [7, 11) is -2.02. The summed E-state index contributed by atoms with van der Waals surface area (Å²) >= 11 is 1.29. The van der Waals surface area contributed by atoms with Crippen LogP contribution in [0.3, 0.4) is 0 Å². The second-order valence-electron chi connectivity index (χ2n) is 8.90. The van der Waals surface area contributed by atoms with Gasteiger partial charge < -0.3 is 10.1 Å². The number of hydrogen-bond acceptors (Lipinski definition) is 7. The molecule has 0 radical (unpaired) electrons. The van der Waals surface area contributed by atoms with Crippen molar-refractivity contribution in [1.29, 1.82) is 0 Å². The fourth-order valence-electron chi connectivity index (χ4n) is 4.05. The van der Waals surface area contributed by atoms with Crippen molar-refractivity contribution in [2.75, 3.05) is 32.1 Å². The van der Waals surface area contributed by atoms with Gasteiger partial charge in [0.25, 0.3) is 0 Å². The van der Waals surface area contributed by atoms with E-state index in [0.717, 1.165) is 12.1 Å². The van der Waals surface area contributed by atoms with Crippen molar-refractivity contribution in [3.63, 3.8) is 0 Å². The summed E-state index contributed by atoms with van der Waals surface area (Å²) in [5.41, 5.74) is 2.56. The number of nitrogens with one attached hydrogen (secondary N) is 1. The van der Waals surface area contributed by atoms with Gasteiger partial charge in [-0.1, -0.05) is 56.8 Å². The molecule has 11 heteroatoms. The molecule has 3 rings (SSSR count). The van der Waals surface area contributed by atoms with Crippen LogP contribution in [0.4, 0.5) is 5.69 Å². The van der Waals surface area contributed by atoms with Crippen LogP contribution < -0.4 is 5.32 Å². The summed E-state index contributed by atoms with van der Waals surface area (Å²) in [5, 5.41) is 11.8. The van der Waals surface area contributed by atoms with Crippen LogP contribution in [0.25, 0.3) is 11.4 Å². The molecule has 0 aliphatic heterocycles. The number of nitrogens with zero attached hydrogens (tertiary/aromatic N) is 4. The lowest BCUT2D eigenvalue weighted by atomic mass is 10.1. The van der Waals surface area contributed by atoms with E-state index in [1.54, 1.807) is 25.3 Å². The first kappa shape index (κ1) is 29.8. The van der Waals surface area contributed by atoms with E-state index in [0.29, 0.717) is 36.2 Å². The number of sulfonamides is 1. The van der Waals surface area contributed by atoms with E-state index in [9.17, 15) is 13.2 Å². The van der Waals surface area contributed by atoms with E-state index < -0.39 is 15.3 Å². The first-order chi connectivity index (χ1) is 18.2. The van der Waals surface area contributed by atoms with E-state index in [1.807, 2.05) is 62.6 Å². The second kappa shape index (κ2) is 13.4. The number of aromatic nitrogens is 3. The fourth-order valence-corrected chi connectivity index (χ4v) is 6.51. The van der Waals surface area contributed by atoms with Gasteiger partial charge in [0.05, 0.1) is 22.8 Å². The van der Waals surface area contributed by atoms with Gasteiger partial charge in [-0.15, -0.1) is 10.2 Å². The van der Waals surface area contributed by atoms with Crippen LogP contribution >= 0.6 is 11.8 Å². The van der Waals surface area contributed by atoms with Gasteiger partial charge in [0.2, 0.25) is 15.9 Å². The number of aryl methyl sites for hydroxylation is 1. The highest BCUT2D eigenvalue weighted by molar-refractivity contribution is 8.00. The van der Waals surface area contributed by atoms with E-state index >= 15 is 0 Å². The number of methoxy groups -OCH3 is 1. The summed E-state index contributed by atoms with van der Waals surface area (Å²) in [4.78, 5) is 13.1. The molecule has 1 aromatic heterocycles. The molecule has 206 valence electrons. The van der Waals surface area contributed by atoms with Gasteiger partial charge >= 0.3 is 0 Å². The molecular formula is C27H37N5O4S2. The second-order valence-corrected chi connectivity index (χ2v) is 12.1. The predicted octanol–water partition coefficient (Wildman–Crippen LogP) is 4.86. The van der Waals surface area contributed by atoms with Crippen LogP contribution in [-0.2, 0) is 26.0 Å². The van der Waals surface area contributed by atoms with Crippen molar-refractivity contribution >= 4 is 33.4 Å². The highest BCUT2D eigenvalue weighted by Crippen LogP contribution is 2.32. The maximum Gasteiger partial charge on any atom is 0.243 e. The summed E-state index contributed by atoms with van der Waals surface area (Å²) in [6.45, 7) is 10.7. The highest BCUT2D eigenvalue weighted by atomic mass is 32.2. The van der Waals surface area contributed by atoms with Gasteiger partial charge in [-0.05, 0) is 50.1 Å². The fraction of sp³-hybridized carbons (Fsp3) is 0.444. The summed E-state index contributed by atoms with van der Waals surface area (Å²) in [6, 6.07) is 14.4. The van der Waals surface area contributed by atoms with Gasteiger partial charge in [0.1, 0.15) is 0 Å². The van der Waals surface area contributed by atoms with Crippen LogP contribution in [0.5, 0.6) is 0 Å². The Balaban J connectivity index is 1.91. The van der Waals surface area contributed by atoms with E-state index in [2.05, 4.69) is 22.4 Å². The molecule has 2 atom stereocenters. The van der Waals surface area contributed by atoms with Gasteiger partial charge in [0, 0.05) is 31.5 Å². The van der Waals surface area contributed by atoms with E-state index in [4.69, 9.17) is 4.74 Å². The number of carbonyl (C=O) groups is 1. The Bertz CT molecular complexity index is 1320. The number of ether oxygens (including phenoxy) is 1. The topological polar surface area (TPSA) is 106 Å². The van der Waals surface area contributed by atoms with Crippen molar-refractivity contribution in [2.24, 2.45) is 0 Å². The molecule has 38 heavy (non-hydrogen) atoms.